The van der Waals surface area contributed by atoms with E-state index in [0.717, 1.165) is 31.7 Å². The second-order valence-electron chi connectivity index (χ2n) is 6.34. The van der Waals surface area contributed by atoms with Crippen molar-refractivity contribution in [3.05, 3.63) is 17.3 Å². The van der Waals surface area contributed by atoms with Crippen molar-refractivity contribution in [3.8, 4) is 0 Å². The van der Waals surface area contributed by atoms with Gasteiger partial charge in [0.1, 0.15) is 0 Å². The highest BCUT2D eigenvalue weighted by Gasteiger charge is 2.27. The van der Waals surface area contributed by atoms with Crippen LogP contribution in [0.25, 0.3) is 16.7 Å². The van der Waals surface area contributed by atoms with Gasteiger partial charge >= 0.3 is 0 Å². The number of hydrogen-bond donors (Lipinski definition) is 2. The molecule has 0 atom stereocenters. The number of aromatic nitrogens is 4. The Morgan fingerprint density at radius 3 is 2.68 bits per heavy atom. The van der Waals surface area contributed by atoms with E-state index in [2.05, 4.69) is 19.9 Å². The summed E-state index contributed by atoms with van der Waals surface area (Å²) in [6.45, 7) is 3.54. The van der Waals surface area contributed by atoms with E-state index in [4.69, 9.17) is 27.5 Å². The van der Waals surface area contributed by atoms with Crippen LogP contribution in [0.15, 0.2) is 6.20 Å². The zero-order chi connectivity index (χ0) is 17.4. The van der Waals surface area contributed by atoms with Gasteiger partial charge in [-0.3, -0.25) is 4.57 Å². The Labute approximate surface area is 150 Å². The van der Waals surface area contributed by atoms with Gasteiger partial charge in [0.05, 0.1) is 18.8 Å². The molecular formula is C16H20ClN7O. The summed E-state index contributed by atoms with van der Waals surface area (Å²) in [4.78, 5) is 15.9. The van der Waals surface area contributed by atoms with Crippen LogP contribution in [0.2, 0.25) is 5.28 Å². The molecule has 132 valence electrons. The maximum Gasteiger partial charge on any atom is 0.205 e. The number of nitrogens with two attached hydrogens (primary N) is 1. The Balaban J connectivity index is 1.89. The standard InChI is InChI=1S/C16H20ClN7O/c17-16-20-12-14(23-3-5-25-6-4-23)21-13(11(7-18)8-19)22-15(12)24(16)9-10-1-2-10/h7-8,10,18H,1-6,9,19H2/b11-8+,18-7?. The molecular weight excluding hydrogens is 342 g/mol. The molecule has 0 bridgehead atoms. The van der Waals surface area contributed by atoms with Gasteiger partial charge in [0, 0.05) is 32.0 Å². The number of allylic oxidation sites excluding steroid dienone is 1. The Kier molecular flexibility index (Phi) is 4.30. The molecule has 2 aromatic heterocycles. The number of nitrogens with zero attached hydrogens (tertiary/aromatic N) is 5. The van der Waals surface area contributed by atoms with Crippen LogP contribution in [0.1, 0.15) is 18.7 Å². The van der Waals surface area contributed by atoms with E-state index in [9.17, 15) is 0 Å². The van der Waals surface area contributed by atoms with Gasteiger partial charge in [0.25, 0.3) is 0 Å². The summed E-state index contributed by atoms with van der Waals surface area (Å²) in [6, 6.07) is 0. The molecule has 1 aliphatic carbocycles. The van der Waals surface area contributed by atoms with Gasteiger partial charge in [-0.1, -0.05) is 0 Å². The fourth-order valence-corrected chi connectivity index (χ4v) is 3.23. The first-order valence-corrected chi connectivity index (χ1v) is 8.78. The monoisotopic (exact) mass is 361 g/mol. The maximum absolute atomic E-state index is 7.57. The number of morpholine rings is 1. The summed E-state index contributed by atoms with van der Waals surface area (Å²) >= 11 is 6.41. The molecule has 1 saturated carbocycles. The third-order valence-electron chi connectivity index (χ3n) is 4.57. The Hall–Kier alpha value is -2.19. The zero-order valence-electron chi connectivity index (χ0n) is 13.8. The molecule has 0 radical (unpaired) electrons. The molecule has 9 heteroatoms. The van der Waals surface area contributed by atoms with Crippen molar-refractivity contribution in [1.29, 1.82) is 5.41 Å². The molecule has 3 heterocycles. The van der Waals surface area contributed by atoms with Gasteiger partial charge in [0.2, 0.25) is 5.28 Å². The van der Waals surface area contributed by atoms with Crippen molar-refractivity contribution in [2.45, 2.75) is 19.4 Å². The van der Waals surface area contributed by atoms with Gasteiger partial charge in [-0.25, -0.2) is 15.0 Å². The lowest BCUT2D eigenvalue weighted by Gasteiger charge is -2.28. The van der Waals surface area contributed by atoms with Crippen molar-refractivity contribution in [3.63, 3.8) is 0 Å². The van der Waals surface area contributed by atoms with Crippen molar-refractivity contribution in [1.82, 2.24) is 19.5 Å². The number of anilines is 1. The first-order valence-electron chi connectivity index (χ1n) is 8.40. The van der Waals surface area contributed by atoms with Crippen LogP contribution >= 0.6 is 11.6 Å². The minimum Gasteiger partial charge on any atom is -0.404 e. The van der Waals surface area contributed by atoms with E-state index in [1.807, 2.05) is 4.57 Å². The van der Waals surface area contributed by atoms with E-state index in [1.165, 1.54) is 19.0 Å². The normalized spacial score (nSPS) is 18.8. The second kappa shape index (κ2) is 6.61. The minimum absolute atomic E-state index is 0.417. The highest BCUT2D eigenvalue weighted by Crippen LogP contribution is 2.34. The molecule has 0 aromatic carbocycles. The molecule has 0 amide bonds. The molecule has 2 fully saturated rings. The molecule has 0 unspecified atom stereocenters. The van der Waals surface area contributed by atoms with Gasteiger partial charge in [-0.2, -0.15) is 0 Å². The number of nitrogens with one attached hydrogen (secondary N) is 1. The largest absolute Gasteiger partial charge is 0.404 e. The molecule has 25 heavy (non-hydrogen) atoms. The minimum atomic E-state index is 0.417. The molecule has 3 N–H and O–H groups in total. The average Bonchev–Trinajstić information content (AvgIpc) is 3.41. The number of hydrogen-bond acceptors (Lipinski definition) is 7. The summed E-state index contributed by atoms with van der Waals surface area (Å²) in [5.74, 6) is 1.77. The number of imidazole rings is 1. The van der Waals surface area contributed by atoms with Crippen LogP contribution in [0.5, 0.6) is 0 Å². The lowest BCUT2D eigenvalue weighted by molar-refractivity contribution is 0.122. The summed E-state index contributed by atoms with van der Waals surface area (Å²) in [7, 11) is 0. The molecule has 2 aromatic rings. The van der Waals surface area contributed by atoms with Crippen molar-refractivity contribution in [2.24, 2.45) is 11.7 Å². The van der Waals surface area contributed by atoms with Gasteiger partial charge in [-0.05, 0) is 30.4 Å². The van der Waals surface area contributed by atoms with Crippen molar-refractivity contribution < 1.29 is 4.74 Å². The molecule has 1 saturated heterocycles. The highest BCUT2D eigenvalue weighted by molar-refractivity contribution is 6.29. The van der Waals surface area contributed by atoms with Crippen LogP contribution in [-0.4, -0.2) is 52.0 Å². The van der Waals surface area contributed by atoms with Crippen LogP contribution in [0, 0.1) is 11.3 Å². The topological polar surface area (TPSA) is 106 Å². The van der Waals surface area contributed by atoms with Crippen LogP contribution in [0.4, 0.5) is 5.82 Å². The third kappa shape index (κ3) is 3.07. The van der Waals surface area contributed by atoms with E-state index in [0.29, 0.717) is 47.0 Å². The van der Waals surface area contributed by atoms with Gasteiger partial charge < -0.3 is 20.8 Å². The summed E-state index contributed by atoms with van der Waals surface area (Å²) in [5.41, 5.74) is 7.50. The average molecular weight is 362 g/mol. The fraction of sp³-hybridized carbons (Fsp3) is 0.500. The predicted molar refractivity (Wildman–Crippen MR) is 97.0 cm³/mol. The number of halogens is 1. The van der Waals surface area contributed by atoms with E-state index < -0.39 is 0 Å². The van der Waals surface area contributed by atoms with Crippen LogP contribution < -0.4 is 10.6 Å². The lowest BCUT2D eigenvalue weighted by Crippen LogP contribution is -2.37. The number of fused-ring (bicyclic) bond motifs is 1. The quantitative estimate of drug-likeness (QED) is 0.620. The number of rotatable bonds is 5. The predicted octanol–water partition coefficient (Wildman–Crippen LogP) is 1.68. The molecule has 4 rings (SSSR count). The molecule has 2 aliphatic rings. The van der Waals surface area contributed by atoms with Gasteiger partial charge in [-0.15, -0.1) is 0 Å². The second-order valence-corrected chi connectivity index (χ2v) is 6.68. The first-order chi connectivity index (χ1) is 12.2. The fourth-order valence-electron chi connectivity index (χ4n) is 2.99. The SMILES string of the molecule is N=C/C(=C\N)c1nc(N2CCOCC2)c2nc(Cl)n(CC3CC3)c2n1. The lowest BCUT2D eigenvalue weighted by atomic mass is 10.2. The maximum atomic E-state index is 7.57. The zero-order valence-corrected chi connectivity index (χ0v) is 14.5. The Morgan fingerprint density at radius 2 is 2.04 bits per heavy atom. The van der Waals surface area contributed by atoms with Crippen molar-refractivity contribution in [2.75, 3.05) is 31.2 Å². The molecule has 0 spiro atoms. The van der Waals surface area contributed by atoms with E-state index >= 15 is 0 Å². The molecule has 1 aliphatic heterocycles. The van der Waals surface area contributed by atoms with Crippen molar-refractivity contribution >= 4 is 40.4 Å². The van der Waals surface area contributed by atoms with E-state index in [1.54, 1.807) is 0 Å². The van der Waals surface area contributed by atoms with E-state index in [-0.39, 0.29) is 0 Å². The Bertz CT molecular complexity index is 837. The van der Waals surface area contributed by atoms with Crippen LogP contribution in [-0.2, 0) is 11.3 Å². The third-order valence-corrected chi connectivity index (χ3v) is 4.86. The summed E-state index contributed by atoms with van der Waals surface area (Å²) in [6.07, 6.45) is 4.92. The molecule has 8 nitrogen and oxygen atoms in total. The summed E-state index contributed by atoms with van der Waals surface area (Å²) in [5, 5.41) is 7.99. The van der Waals surface area contributed by atoms with Gasteiger partial charge in [0.15, 0.2) is 22.8 Å². The van der Waals surface area contributed by atoms with Crippen LogP contribution in [0.3, 0.4) is 0 Å². The number of ether oxygens (including phenoxy) is 1. The first kappa shape index (κ1) is 16.3. The summed E-state index contributed by atoms with van der Waals surface area (Å²) < 4.78 is 7.39. The highest BCUT2D eigenvalue weighted by atomic mass is 35.5. The Morgan fingerprint density at radius 1 is 1.28 bits per heavy atom. The smallest absolute Gasteiger partial charge is 0.205 e.